The molecule has 1 atom stereocenters. The van der Waals surface area contributed by atoms with Crippen LogP contribution in [0.2, 0.25) is 0 Å². The van der Waals surface area contributed by atoms with E-state index in [2.05, 4.69) is 21.8 Å². The minimum Gasteiger partial charge on any atom is -0.339 e. The summed E-state index contributed by atoms with van der Waals surface area (Å²) in [7, 11) is -3.70. The van der Waals surface area contributed by atoms with E-state index in [1.165, 1.54) is 17.7 Å². The number of sulfonamides is 1. The van der Waals surface area contributed by atoms with Gasteiger partial charge in [0.15, 0.2) is 0 Å². The lowest BCUT2D eigenvalue weighted by Gasteiger charge is -2.36. The number of hydrogen-bond acceptors (Lipinski definition) is 4. The third-order valence-electron chi connectivity index (χ3n) is 4.69. The Morgan fingerprint density at radius 2 is 1.52 bits per heavy atom. The van der Waals surface area contributed by atoms with Crippen LogP contribution >= 0.6 is 0 Å². The molecule has 27 heavy (non-hydrogen) atoms. The molecule has 1 fully saturated rings. The zero-order valence-electron chi connectivity index (χ0n) is 15.4. The quantitative estimate of drug-likeness (QED) is 0.819. The van der Waals surface area contributed by atoms with Crippen molar-refractivity contribution in [3.63, 3.8) is 0 Å². The highest BCUT2D eigenvalue weighted by Gasteiger charge is 2.28. The third kappa shape index (κ3) is 5.15. The normalized spacial score (nSPS) is 16.9. The van der Waals surface area contributed by atoms with Gasteiger partial charge in [0.05, 0.1) is 10.9 Å². The van der Waals surface area contributed by atoms with Gasteiger partial charge in [-0.1, -0.05) is 48.5 Å². The first-order valence-corrected chi connectivity index (χ1v) is 10.6. The number of piperazine rings is 1. The largest absolute Gasteiger partial charge is 0.339 e. The molecule has 1 amide bonds. The lowest BCUT2D eigenvalue weighted by atomic mass is 10.2. The number of benzene rings is 2. The minimum absolute atomic E-state index is 0.164. The molecule has 0 aromatic heterocycles. The van der Waals surface area contributed by atoms with Crippen LogP contribution in [0.3, 0.4) is 0 Å². The Kier molecular flexibility index (Phi) is 6.26. The Hall–Kier alpha value is -2.22. The summed E-state index contributed by atoms with van der Waals surface area (Å²) in [5.41, 5.74) is 1.25. The average molecular weight is 388 g/mol. The summed E-state index contributed by atoms with van der Waals surface area (Å²) in [4.78, 5) is 16.9. The van der Waals surface area contributed by atoms with Gasteiger partial charge in [-0.3, -0.25) is 9.69 Å². The van der Waals surface area contributed by atoms with Crippen molar-refractivity contribution < 1.29 is 13.2 Å². The topological polar surface area (TPSA) is 69.7 Å². The zero-order chi connectivity index (χ0) is 19.3. The lowest BCUT2D eigenvalue weighted by molar-refractivity contribution is -0.134. The molecule has 1 aliphatic heterocycles. The molecular weight excluding hydrogens is 362 g/mol. The van der Waals surface area contributed by atoms with E-state index < -0.39 is 16.1 Å². The van der Waals surface area contributed by atoms with Crippen LogP contribution in [0, 0.1) is 0 Å². The van der Waals surface area contributed by atoms with Gasteiger partial charge in [0.2, 0.25) is 15.9 Å². The molecule has 0 spiro atoms. The van der Waals surface area contributed by atoms with Crippen molar-refractivity contribution in [1.82, 2.24) is 14.5 Å². The number of nitrogens with zero attached hydrogens (tertiary/aromatic N) is 2. The standard InChI is InChI=1S/C20H25N3O3S/c1-17(21-27(25,26)19-10-6-3-7-11-19)20(24)23-14-12-22(13-15-23)16-18-8-4-2-5-9-18/h2-11,17,21H,12-16H2,1H3. The zero-order valence-corrected chi connectivity index (χ0v) is 16.2. The van der Waals surface area contributed by atoms with Crippen LogP contribution in [-0.4, -0.2) is 56.3 Å². The summed E-state index contributed by atoms with van der Waals surface area (Å²) in [6, 6.07) is 17.5. The Morgan fingerprint density at radius 1 is 0.963 bits per heavy atom. The second-order valence-electron chi connectivity index (χ2n) is 6.74. The van der Waals surface area contributed by atoms with E-state index in [4.69, 9.17) is 0 Å². The maximum Gasteiger partial charge on any atom is 0.241 e. The van der Waals surface area contributed by atoms with E-state index in [1.807, 2.05) is 18.2 Å². The van der Waals surface area contributed by atoms with Gasteiger partial charge in [0.1, 0.15) is 0 Å². The van der Waals surface area contributed by atoms with Crippen molar-refractivity contribution in [2.45, 2.75) is 24.4 Å². The molecule has 1 unspecified atom stereocenters. The first-order valence-electron chi connectivity index (χ1n) is 9.08. The van der Waals surface area contributed by atoms with Gasteiger partial charge in [0, 0.05) is 32.7 Å². The van der Waals surface area contributed by atoms with Crippen molar-refractivity contribution in [3.8, 4) is 0 Å². The van der Waals surface area contributed by atoms with Crippen molar-refractivity contribution in [3.05, 3.63) is 66.2 Å². The average Bonchev–Trinajstić information content (AvgIpc) is 2.69. The first-order chi connectivity index (χ1) is 13.0. The van der Waals surface area contributed by atoms with Gasteiger partial charge in [0.25, 0.3) is 0 Å². The van der Waals surface area contributed by atoms with E-state index in [-0.39, 0.29) is 10.8 Å². The number of rotatable bonds is 6. The Balaban J connectivity index is 1.53. The molecule has 1 saturated heterocycles. The van der Waals surface area contributed by atoms with Gasteiger partial charge in [-0.25, -0.2) is 8.42 Å². The van der Waals surface area contributed by atoms with Gasteiger partial charge in [-0.05, 0) is 24.6 Å². The predicted octanol–water partition coefficient (Wildman–Crippen LogP) is 1.70. The number of nitrogens with one attached hydrogen (secondary N) is 1. The van der Waals surface area contributed by atoms with Crippen LogP contribution in [-0.2, 0) is 21.4 Å². The van der Waals surface area contributed by atoms with Gasteiger partial charge in [-0.15, -0.1) is 0 Å². The second kappa shape index (κ2) is 8.65. The monoisotopic (exact) mass is 387 g/mol. The fourth-order valence-corrected chi connectivity index (χ4v) is 4.41. The van der Waals surface area contributed by atoms with E-state index in [1.54, 1.807) is 30.0 Å². The van der Waals surface area contributed by atoms with Crippen LogP contribution in [0.25, 0.3) is 0 Å². The summed E-state index contributed by atoms with van der Waals surface area (Å²) in [6.07, 6.45) is 0. The number of carbonyl (C=O) groups excluding carboxylic acids is 1. The Bertz CT molecular complexity index is 849. The van der Waals surface area contributed by atoms with Crippen LogP contribution in [0.4, 0.5) is 0 Å². The van der Waals surface area contributed by atoms with E-state index in [0.29, 0.717) is 13.1 Å². The lowest BCUT2D eigenvalue weighted by Crippen LogP contribution is -2.53. The molecule has 1 heterocycles. The molecule has 6 nitrogen and oxygen atoms in total. The maximum absolute atomic E-state index is 12.7. The Labute approximate surface area is 160 Å². The smallest absolute Gasteiger partial charge is 0.241 e. The molecule has 2 aromatic rings. The Morgan fingerprint density at radius 3 is 2.11 bits per heavy atom. The molecule has 0 aliphatic carbocycles. The fraction of sp³-hybridized carbons (Fsp3) is 0.350. The molecule has 1 N–H and O–H groups in total. The van der Waals surface area contributed by atoms with Gasteiger partial charge >= 0.3 is 0 Å². The summed E-state index contributed by atoms with van der Waals surface area (Å²) in [6.45, 7) is 5.21. The van der Waals surface area contributed by atoms with Crippen LogP contribution in [0.1, 0.15) is 12.5 Å². The summed E-state index contributed by atoms with van der Waals surface area (Å²) in [5, 5.41) is 0. The number of amides is 1. The maximum atomic E-state index is 12.7. The fourth-order valence-electron chi connectivity index (χ4n) is 3.19. The number of carbonyl (C=O) groups is 1. The van der Waals surface area contributed by atoms with Crippen LogP contribution in [0.5, 0.6) is 0 Å². The van der Waals surface area contributed by atoms with Crippen molar-refractivity contribution in [2.24, 2.45) is 0 Å². The molecule has 0 saturated carbocycles. The first kappa shape index (κ1) is 19.5. The highest BCUT2D eigenvalue weighted by Crippen LogP contribution is 2.12. The molecule has 7 heteroatoms. The highest BCUT2D eigenvalue weighted by molar-refractivity contribution is 7.89. The molecule has 144 valence electrons. The van der Waals surface area contributed by atoms with Crippen molar-refractivity contribution in [2.75, 3.05) is 26.2 Å². The van der Waals surface area contributed by atoms with Crippen molar-refractivity contribution >= 4 is 15.9 Å². The molecule has 1 aliphatic rings. The SMILES string of the molecule is CC(NS(=O)(=O)c1ccccc1)C(=O)N1CCN(Cc2ccccc2)CC1. The molecule has 2 aromatic carbocycles. The minimum atomic E-state index is -3.70. The predicted molar refractivity (Wildman–Crippen MR) is 105 cm³/mol. The summed E-state index contributed by atoms with van der Waals surface area (Å²) < 4.78 is 27.3. The van der Waals surface area contributed by atoms with E-state index >= 15 is 0 Å². The molecular formula is C20H25N3O3S. The summed E-state index contributed by atoms with van der Waals surface area (Å²) >= 11 is 0. The van der Waals surface area contributed by atoms with Crippen molar-refractivity contribution in [1.29, 1.82) is 0 Å². The van der Waals surface area contributed by atoms with E-state index in [9.17, 15) is 13.2 Å². The summed E-state index contributed by atoms with van der Waals surface area (Å²) in [5.74, 6) is -0.186. The van der Waals surface area contributed by atoms with E-state index in [0.717, 1.165) is 19.6 Å². The third-order valence-corrected chi connectivity index (χ3v) is 6.25. The molecule has 0 bridgehead atoms. The highest BCUT2D eigenvalue weighted by atomic mass is 32.2. The molecule has 0 radical (unpaired) electrons. The van der Waals surface area contributed by atoms with Crippen LogP contribution < -0.4 is 4.72 Å². The number of hydrogen-bond donors (Lipinski definition) is 1. The van der Waals surface area contributed by atoms with Crippen LogP contribution in [0.15, 0.2) is 65.6 Å². The second-order valence-corrected chi connectivity index (χ2v) is 8.46. The van der Waals surface area contributed by atoms with Gasteiger partial charge in [-0.2, -0.15) is 4.72 Å². The van der Waals surface area contributed by atoms with Gasteiger partial charge < -0.3 is 4.90 Å². The molecule has 3 rings (SSSR count).